The van der Waals surface area contributed by atoms with E-state index in [1.165, 1.54) is 25.2 Å². The lowest BCUT2D eigenvalue weighted by molar-refractivity contribution is -0.302. The van der Waals surface area contributed by atoms with Crippen LogP contribution >= 0.6 is 0 Å². The van der Waals surface area contributed by atoms with Crippen molar-refractivity contribution in [2.24, 2.45) is 35.5 Å². The molecule has 0 aromatic rings. The fraction of sp³-hybridized carbons (Fsp3) is 0.771. The van der Waals surface area contributed by atoms with Crippen LogP contribution in [0.15, 0.2) is 35.5 Å². The largest absolute Gasteiger partial charge is 0.462 e. The molecule has 14 nitrogen and oxygen atoms in total. The molecule has 3 aliphatic heterocycles. The average molecular weight is 874 g/mol. The Balaban J connectivity index is 1.78. The minimum Gasteiger partial charge on any atom is -0.462 e. The number of nitrogens with zero attached hydrogens (tertiary/aromatic N) is 1. The number of Topliss-reactive ketones (excluding diaryl/α,β-unsaturated/α-hetero) is 2. The number of aliphatic hydroxyl groups excluding tert-OH is 2. The van der Waals surface area contributed by atoms with Gasteiger partial charge in [-0.3, -0.25) is 14.4 Å². The number of allylic oxidation sites excluding steroid dienone is 4. The summed E-state index contributed by atoms with van der Waals surface area (Å²) < 4.78 is 29.6. The molecule has 0 spiro atoms. The van der Waals surface area contributed by atoms with Crippen molar-refractivity contribution in [3.8, 4) is 0 Å². The van der Waals surface area contributed by atoms with Gasteiger partial charge in [0.1, 0.15) is 24.0 Å². The smallest absolute Gasteiger partial charge is 0.330 e. The van der Waals surface area contributed by atoms with E-state index in [2.05, 4.69) is 0 Å². The number of hydrogen-bond donors (Lipinski definition) is 3. The standard InChI is InChI=1S/C48H75NO13/c1-28(2)27-60-42(53)15-12-13-35-22-29(3)21-30(4)23-40(58-8)44-41(59-9)25-32(6)48(57,62-44)45(54)46(55)49-20-11-10-14-37(49)47(56)61-43(33(7)38(51)26-39(35)52)31(5)24-34-16-18-36(50)19-17-34/h12,15,22,24,28,30,32-38,40-41,43-44,50-51,57H,10-11,13-14,16-21,23,25-27H2,1-9H3/b15-12+,29-22+,31-24+/t30-,32+,33+,34-,35+,36-,37-,38-,40-,41-,43+,44+,48+/m0/s1. The first-order valence-electron chi connectivity index (χ1n) is 22.9. The zero-order valence-corrected chi connectivity index (χ0v) is 38.6. The van der Waals surface area contributed by atoms with Gasteiger partial charge in [0.15, 0.2) is 0 Å². The van der Waals surface area contributed by atoms with Gasteiger partial charge in [-0.1, -0.05) is 58.4 Å². The van der Waals surface area contributed by atoms with Gasteiger partial charge in [0.05, 0.1) is 31.0 Å². The predicted molar refractivity (Wildman–Crippen MR) is 231 cm³/mol. The van der Waals surface area contributed by atoms with Crippen LogP contribution in [0.2, 0.25) is 0 Å². The lowest BCUT2D eigenvalue weighted by Gasteiger charge is -2.47. The number of fused-ring (bicyclic) bond motifs is 3. The van der Waals surface area contributed by atoms with E-state index in [1.54, 1.807) is 19.9 Å². The van der Waals surface area contributed by atoms with Crippen LogP contribution in [0.5, 0.6) is 0 Å². The molecule has 0 unspecified atom stereocenters. The molecule has 11 atom stereocenters. The lowest BCUT2D eigenvalue weighted by atomic mass is 9.82. The van der Waals surface area contributed by atoms with Gasteiger partial charge in [0.2, 0.25) is 5.79 Å². The number of cyclic esters (lactones) is 1. The Labute approximate surface area is 368 Å². The molecule has 0 aromatic carbocycles. The molecule has 1 amide bonds. The highest BCUT2D eigenvalue weighted by Crippen LogP contribution is 2.39. The van der Waals surface area contributed by atoms with Crippen LogP contribution in [0.3, 0.4) is 0 Å². The number of methoxy groups -OCH3 is 2. The number of carbonyl (C=O) groups excluding carboxylic acids is 5. The molecule has 3 heterocycles. The zero-order valence-electron chi connectivity index (χ0n) is 38.6. The molecule has 350 valence electrons. The quantitative estimate of drug-likeness (QED) is 0.113. The van der Waals surface area contributed by atoms with Crippen molar-refractivity contribution in [3.05, 3.63) is 35.5 Å². The third-order valence-electron chi connectivity index (χ3n) is 13.3. The molecule has 14 heteroatoms. The van der Waals surface area contributed by atoms with Gasteiger partial charge < -0.3 is 43.9 Å². The molecule has 1 aliphatic carbocycles. The normalized spacial score (nSPS) is 37.6. The van der Waals surface area contributed by atoms with E-state index in [0.29, 0.717) is 44.1 Å². The van der Waals surface area contributed by atoms with E-state index in [0.717, 1.165) is 18.4 Å². The van der Waals surface area contributed by atoms with E-state index in [1.807, 2.05) is 46.8 Å². The number of aliphatic hydroxyl groups is 3. The number of amides is 1. The van der Waals surface area contributed by atoms with Crippen LogP contribution in [0.1, 0.15) is 126 Å². The first-order chi connectivity index (χ1) is 29.3. The molecule has 62 heavy (non-hydrogen) atoms. The van der Waals surface area contributed by atoms with Gasteiger partial charge in [-0.25, -0.2) is 9.59 Å². The summed E-state index contributed by atoms with van der Waals surface area (Å²) in [6.07, 6.45) is 7.04. The highest BCUT2D eigenvalue weighted by molar-refractivity contribution is 6.39. The van der Waals surface area contributed by atoms with E-state index in [9.17, 15) is 39.3 Å². The second-order valence-electron chi connectivity index (χ2n) is 19.1. The minimum absolute atomic E-state index is 0.0562. The van der Waals surface area contributed by atoms with Crippen molar-refractivity contribution in [2.45, 2.75) is 174 Å². The Bertz CT molecular complexity index is 1630. The molecule has 4 rings (SSSR count). The second kappa shape index (κ2) is 23.6. The summed E-state index contributed by atoms with van der Waals surface area (Å²) >= 11 is 0. The summed E-state index contributed by atoms with van der Waals surface area (Å²) in [6.45, 7) is 13.3. The molecule has 2 bridgehead atoms. The number of esters is 2. The van der Waals surface area contributed by atoms with Crippen molar-refractivity contribution in [3.63, 3.8) is 0 Å². The van der Waals surface area contributed by atoms with E-state index >= 15 is 0 Å². The maximum absolute atomic E-state index is 14.4. The van der Waals surface area contributed by atoms with Crippen LogP contribution in [0.4, 0.5) is 0 Å². The fourth-order valence-corrected chi connectivity index (χ4v) is 9.57. The number of carbonyl (C=O) groups is 5. The number of ketones is 2. The summed E-state index contributed by atoms with van der Waals surface area (Å²) in [5, 5.41) is 34.1. The van der Waals surface area contributed by atoms with Gasteiger partial charge >= 0.3 is 11.9 Å². The topological polar surface area (TPSA) is 195 Å². The highest BCUT2D eigenvalue weighted by atomic mass is 16.7. The van der Waals surface area contributed by atoms with Gasteiger partial charge in [-0.15, -0.1) is 0 Å². The number of ether oxygens (including phenoxy) is 5. The van der Waals surface area contributed by atoms with Crippen molar-refractivity contribution in [1.29, 1.82) is 0 Å². The second-order valence-corrected chi connectivity index (χ2v) is 19.1. The summed E-state index contributed by atoms with van der Waals surface area (Å²) in [6, 6.07) is -1.16. The fourth-order valence-electron chi connectivity index (χ4n) is 9.57. The highest BCUT2D eigenvalue weighted by Gasteiger charge is 2.56. The first kappa shape index (κ1) is 51.4. The molecule has 0 aromatic heterocycles. The number of rotatable bonds is 9. The van der Waals surface area contributed by atoms with Crippen LogP contribution in [-0.4, -0.2) is 125 Å². The van der Waals surface area contributed by atoms with Gasteiger partial charge in [0.25, 0.3) is 11.7 Å². The monoisotopic (exact) mass is 874 g/mol. The molecular formula is C48H75NO13. The Morgan fingerprint density at radius 2 is 1.63 bits per heavy atom. The van der Waals surface area contributed by atoms with Gasteiger partial charge in [0, 0.05) is 51.0 Å². The SMILES string of the molecule is CO[C@H]1C[C@@H](C)C/C(C)=C/[C@@H](C/C=C/C(=O)OCC(C)C)C(=O)C[C@H](O)[C@@H](C)[C@@H](/C(C)=C/[C@H]2CC[C@H](O)CC2)OC(=O)[C@@H]2CCCCN2C(=O)C(=O)[C@]2(O)O[C@H]1[C@@H](OC)C[C@H]2C. The molecule has 4 aliphatic rings. The van der Waals surface area contributed by atoms with E-state index < -0.39 is 83.7 Å². The number of hydrogen-bond acceptors (Lipinski definition) is 13. The first-order valence-corrected chi connectivity index (χ1v) is 22.9. The van der Waals surface area contributed by atoms with E-state index in [4.69, 9.17) is 23.7 Å². The maximum Gasteiger partial charge on any atom is 0.330 e. The Kier molecular flexibility index (Phi) is 19.6. The van der Waals surface area contributed by atoms with Crippen molar-refractivity contribution in [1.82, 2.24) is 4.90 Å². The zero-order chi connectivity index (χ0) is 45.9. The van der Waals surface area contributed by atoms with Crippen LogP contribution in [0.25, 0.3) is 0 Å². The van der Waals surface area contributed by atoms with Crippen molar-refractivity contribution < 1.29 is 63.0 Å². The average Bonchev–Trinajstić information content (AvgIpc) is 3.23. The molecule has 0 radical (unpaired) electrons. The predicted octanol–water partition coefficient (Wildman–Crippen LogP) is 5.58. The van der Waals surface area contributed by atoms with Crippen LogP contribution in [0, 0.1) is 35.5 Å². The van der Waals surface area contributed by atoms with Gasteiger partial charge in [-0.05, 0) is 108 Å². The maximum atomic E-state index is 14.4. The van der Waals surface area contributed by atoms with E-state index in [-0.39, 0.29) is 68.5 Å². The van der Waals surface area contributed by atoms with Crippen molar-refractivity contribution in [2.75, 3.05) is 27.4 Å². The number of piperidine rings is 1. The lowest BCUT2D eigenvalue weighted by Crippen LogP contribution is -2.64. The van der Waals surface area contributed by atoms with Crippen molar-refractivity contribution >= 4 is 29.4 Å². The molecule has 2 saturated heterocycles. The summed E-state index contributed by atoms with van der Waals surface area (Å²) in [7, 11) is 3.02. The summed E-state index contributed by atoms with van der Waals surface area (Å²) in [4.78, 5) is 70.8. The van der Waals surface area contributed by atoms with Crippen LogP contribution < -0.4 is 0 Å². The Morgan fingerprint density at radius 1 is 0.968 bits per heavy atom. The molecular weight excluding hydrogens is 799 g/mol. The molecule has 1 saturated carbocycles. The van der Waals surface area contributed by atoms with Gasteiger partial charge in [-0.2, -0.15) is 0 Å². The minimum atomic E-state index is -2.53. The summed E-state index contributed by atoms with van der Waals surface area (Å²) in [5.74, 6) is -8.45. The Hall–Kier alpha value is -3.27. The molecule has 3 fully saturated rings. The third kappa shape index (κ3) is 13.6. The summed E-state index contributed by atoms with van der Waals surface area (Å²) in [5.41, 5.74) is 1.55. The van der Waals surface area contributed by atoms with Crippen LogP contribution in [-0.2, 0) is 47.7 Å². The Morgan fingerprint density at radius 3 is 2.27 bits per heavy atom. The molecule has 3 N–H and O–H groups in total. The third-order valence-corrected chi connectivity index (χ3v) is 13.3.